The van der Waals surface area contributed by atoms with Crippen molar-refractivity contribution >= 4 is 23.8 Å². The van der Waals surface area contributed by atoms with Gasteiger partial charge in [-0.3, -0.25) is 19.3 Å². The maximum Gasteiger partial charge on any atom is 0.247 e. The smallest absolute Gasteiger partial charge is 0.247 e. The van der Waals surface area contributed by atoms with Crippen LogP contribution in [-0.4, -0.2) is 54.8 Å². The molecule has 39 heavy (non-hydrogen) atoms. The molecule has 2 heterocycles. The summed E-state index contributed by atoms with van der Waals surface area (Å²) in [6, 6.07) is 14.4. The average molecular weight is 535 g/mol. The number of fused-ring (bicyclic) bond motifs is 10. The van der Waals surface area contributed by atoms with Crippen molar-refractivity contribution in [2.45, 2.75) is 64.8 Å². The molecular formula is C31H42N4O4. The van der Waals surface area contributed by atoms with Crippen LogP contribution in [0.4, 0.5) is 0 Å². The molecule has 2 bridgehead atoms. The second-order valence-corrected chi connectivity index (χ2v) is 10.8. The van der Waals surface area contributed by atoms with Crippen LogP contribution in [0.5, 0.6) is 5.75 Å². The van der Waals surface area contributed by atoms with E-state index < -0.39 is 30.1 Å². The fraction of sp³-hybridized carbons (Fsp3) is 0.452. The van der Waals surface area contributed by atoms with Crippen molar-refractivity contribution in [2.75, 3.05) is 14.1 Å². The molecule has 2 aliphatic rings. The van der Waals surface area contributed by atoms with Gasteiger partial charge in [-0.15, -0.1) is 0 Å². The first-order valence-electron chi connectivity index (χ1n) is 13.7. The highest BCUT2D eigenvalue weighted by Crippen LogP contribution is 2.27. The Labute approximate surface area is 232 Å². The largest absolute Gasteiger partial charge is 0.483 e. The van der Waals surface area contributed by atoms with Gasteiger partial charge in [0.05, 0.1) is 6.04 Å². The molecule has 2 aromatic carbocycles. The Kier molecular flexibility index (Phi) is 10.7. The molecule has 2 aliphatic heterocycles. The maximum absolute atomic E-state index is 14.0. The third kappa shape index (κ3) is 8.17. The van der Waals surface area contributed by atoms with E-state index in [9.17, 15) is 14.4 Å². The zero-order valence-corrected chi connectivity index (χ0v) is 23.8. The first kappa shape index (κ1) is 29.9. The zero-order valence-electron chi connectivity index (χ0n) is 23.8. The number of rotatable bonds is 8. The molecule has 3 amide bonds. The second kappa shape index (κ2) is 13.9. The fourth-order valence-corrected chi connectivity index (χ4v) is 4.56. The Hall–Kier alpha value is -3.65. The summed E-state index contributed by atoms with van der Waals surface area (Å²) in [4.78, 5) is 42.7. The summed E-state index contributed by atoms with van der Waals surface area (Å²) in [6.45, 7) is 8.00. The van der Waals surface area contributed by atoms with Crippen LogP contribution in [0.15, 0.2) is 60.8 Å². The lowest BCUT2D eigenvalue weighted by atomic mass is 9.95. The fourth-order valence-electron chi connectivity index (χ4n) is 4.56. The highest BCUT2D eigenvalue weighted by molar-refractivity contribution is 5.94. The third-order valence-corrected chi connectivity index (χ3v) is 7.07. The van der Waals surface area contributed by atoms with Crippen LogP contribution in [0.2, 0.25) is 0 Å². The number of amides is 3. The molecule has 0 radical (unpaired) electrons. The summed E-state index contributed by atoms with van der Waals surface area (Å²) in [6.07, 6.45) is 3.81. The van der Waals surface area contributed by atoms with Gasteiger partial charge in [-0.2, -0.15) is 0 Å². The van der Waals surface area contributed by atoms with E-state index in [1.807, 2.05) is 87.4 Å². The van der Waals surface area contributed by atoms with E-state index in [2.05, 4.69) is 29.8 Å². The van der Waals surface area contributed by atoms with Crippen molar-refractivity contribution < 1.29 is 19.1 Å². The predicted octanol–water partition coefficient (Wildman–Crippen LogP) is 3.90. The molecule has 8 nitrogen and oxygen atoms in total. The first-order chi connectivity index (χ1) is 18.6. The molecule has 0 unspecified atom stereocenters. The minimum atomic E-state index is -1.10. The number of carbonyl (C=O) groups is 3. The highest BCUT2D eigenvalue weighted by Gasteiger charge is 2.38. The van der Waals surface area contributed by atoms with E-state index in [-0.39, 0.29) is 23.7 Å². The van der Waals surface area contributed by atoms with Crippen LogP contribution in [0.3, 0.4) is 0 Å². The number of nitrogens with zero attached hydrogens (tertiary/aromatic N) is 1. The molecule has 4 rings (SSSR count). The molecule has 0 aromatic heterocycles. The van der Waals surface area contributed by atoms with Crippen LogP contribution >= 0.6 is 0 Å². The van der Waals surface area contributed by atoms with Crippen molar-refractivity contribution in [1.29, 1.82) is 0 Å². The van der Waals surface area contributed by atoms with Gasteiger partial charge in [0.1, 0.15) is 17.8 Å². The summed E-state index contributed by atoms with van der Waals surface area (Å²) >= 11 is 0. The Morgan fingerprint density at radius 1 is 1.00 bits per heavy atom. The van der Waals surface area contributed by atoms with Crippen LogP contribution < -0.4 is 20.7 Å². The lowest BCUT2D eigenvalue weighted by Crippen LogP contribution is -2.59. The van der Waals surface area contributed by atoms with Gasteiger partial charge in [0.2, 0.25) is 17.7 Å². The third-order valence-electron chi connectivity index (χ3n) is 7.07. The number of hydrogen-bond donors (Lipinski definition) is 3. The normalized spacial score (nSPS) is 22.3. The van der Waals surface area contributed by atoms with Gasteiger partial charge >= 0.3 is 0 Å². The van der Waals surface area contributed by atoms with Crippen molar-refractivity contribution in [3.8, 4) is 5.75 Å². The summed E-state index contributed by atoms with van der Waals surface area (Å²) in [5, 5.41) is 8.74. The Morgan fingerprint density at radius 3 is 2.26 bits per heavy atom. The predicted molar refractivity (Wildman–Crippen MR) is 154 cm³/mol. The molecule has 0 aliphatic carbocycles. The molecule has 5 atom stereocenters. The van der Waals surface area contributed by atoms with Gasteiger partial charge in [0.25, 0.3) is 0 Å². The van der Waals surface area contributed by atoms with E-state index in [0.717, 1.165) is 11.1 Å². The van der Waals surface area contributed by atoms with E-state index >= 15 is 0 Å². The molecular weight excluding hydrogens is 492 g/mol. The molecule has 0 saturated carbocycles. The highest BCUT2D eigenvalue weighted by atomic mass is 16.5. The van der Waals surface area contributed by atoms with E-state index in [0.29, 0.717) is 18.6 Å². The van der Waals surface area contributed by atoms with Gasteiger partial charge in [-0.25, -0.2) is 0 Å². The van der Waals surface area contributed by atoms with Gasteiger partial charge in [0, 0.05) is 6.20 Å². The van der Waals surface area contributed by atoms with Gasteiger partial charge < -0.3 is 20.7 Å². The Bertz CT molecular complexity index is 1130. The number of nitrogens with one attached hydrogen (secondary N) is 3. The van der Waals surface area contributed by atoms with Crippen LogP contribution in [-0.2, 0) is 14.4 Å². The second-order valence-electron chi connectivity index (χ2n) is 10.8. The molecule has 0 spiro atoms. The lowest BCUT2D eigenvalue weighted by Gasteiger charge is -2.33. The van der Waals surface area contributed by atoms with Gasteiger partial charge in [-0.05, 0) is 61.7 Å². The standard InChI is InChI=1S/C31H42N4O4/c1-7-21(4)26-30(37)32-18-17-22-13-15-24(16-14-22)39-28(23-11-9-8-10-12-23)27(31(38)33-26)34-29(36)25(35(5)6)19-20(2)3/h8-18,20-21,25-28H,7,19H2,1-6H3,(H,32,37)(H,33,38)(H,34,36)/b18-17-/t21-,25-,26-,27-,28-/m0/s1. The van der Waals surface area contributed by atoms with Crippen LogP contribution in [0.25, 0.3) is 6.08 Å². The maximum atomic E-state index is 14.0. The summed E-state index contributed by atoms with van der Waals surface area (Å²) in [5.74, 6) is -0.405. The number of ether oxygens (including phenoxy) is 1. The quantitative estimate of drug-likeness (QED) is 0.477. The molecule has 3 N–H and O–H groups in total. The molecule has 0 fully saturated rings. The monoisotopic (exact) mass is 534 g/mol. The summed E-state index contributed by atoms with van der Waals surface area (Å²) < 4.78 is 6.44. The summed E-state index contributed by atoms with van der Waals surface area (Å²) in [5.41, 5.74) is 1.61. The molecule has 210 valence electrons. The van der Waals surface area contributed by atoms with Crippen molar-refractivity contribution in [3.05, 3.63) is 71.9 Å². The minimum absolute atomic E-state index is 0.142. The summed E-state index contributed by atoms with van der Waals surface area (Å²) in [7, 11) is 3.70. The van der Waals surface area contributed by atoms with Crippen molar-refractivity contribution in [2.24, 2.45) is 11.8 Å². The van der Waals surface area contributed by atoms with E-state index in [4.69, 9.17) is 4.74 Å². The topological polar surface area (TPSA) is 99.8 Å². The number of carbonyl (C=O) groups excluding carboxylic acids is 3. The van der Waals surface area contributed by atoms with Crippen LogP contribution in [0, 0.1) is 11.8 Å². The van der Waals surface area contributed by atoms with Crippen molar-refractivity contribution in [1.82, 2.24) is 20.9 Å². The Morgan fingerprint density at radius 2 is 1.67 bits per heavy atom. The molecule has 2 aromatic rings. The van der Waals surface area contributed by atoms with E-state index in [1.54, 1.807) is 12.3 Å². The SMILES string of the molecule is CC[C@H](C)[C@@H]1NC(=O)[C@@H](NC(=O)[C@H](CC(C)C)N(C)C)[C@H](c2ccccc2)Oc2ccc(cc2)/C=C\NC1=O. The van der Waals surface area contributed by atoms with E-state index in [1.165, 1.54) is 0 Å². The van der Waals surface area contributed by atoms with Gasteiger partial charge in [-0.1, -0.05) is 76.6 Å². The first-order valence-corrected chi connectivity index (χ1v) is 13.7. The van der Waals surface area contributed by atoms with Gasteiger partial charge in [0.15, 0.2) is 6.10 Å². The molecule has 8 heteroatoms. The minimum Gasteiger partial charge on any atom is -0.483 e. The molecule has 0 saturated heterocycles. The van der Waals surface area contributed by atoms with Crippen molar-refractivity contribution in [3.63, 3.8) is 0 Å². The Balaban J connectivity index is 2.11. The zero-order chi connectivity index (χ0) is 28.5. The average Bonchev–Trinajstić information content (AvgIpc) is 2.92. The van der Waals surface area contributed by atoms with Crippen LogP contribution in [0.1, 0.15) is 57.8 Å². The lowest BCUT2D eigenvalue weighted by molar-refractivity contribution is -0.136. The number of benzene rings is 2. The number of hydrogen-bond acceptors (Lipinski definition) is 5. The number of likely N-dealkylation sites (N-methyl/N-ethyl adjacent to an activating group) is 1.